The van der Waals surface area contributed by atoms with Crippen molar-refractivity contribution in [1.29, 1.82) is 0 Å². The van der Waals surface area contributed by atoms with Gasteiger partial charge >= 0.3 is 0 Å². The van der Waals surface area contributed by atoms with Gasteiger partial charge in [-0.2, -0.15) is 0 Å². The van der Waals surface area contributed by atoms with Crippen LogP contribution >= 0.6 is 15.9 Å². The maximum absolute atomic E-state index is 13.6. The highest BCUT2D eigenvalue weighted by molar-refractivity contribution is 9.10. The molecule has 0 spiro atoms. The summed E-state index contributed by atoms with van der Waals surface area (Å²) in [5.41, 5.74) is 2.94. The molecule has 1 aromatic heterocycles. The van der Waals surface area contributed by atoms with Crippen LogP contribution in [0.25, 0.3) is 11.0 Å². The minimum absolute atomic E-state index is 0.0779. The van der Waals surface area contributed by atoms with Gasteiger partial charge < -0.3 is 9.15 Å². The number of fused-ring (bicyclic) bond motifs is 2. The molecule has 5 rings (SSSR count). The standard InChI is InChI=1S/C25H18BrNO4/c1-14-9-10-20-19(11-14)23(28)21-22(15-5-3-8-18(12-15)30-2)27(25(29)24(21)31-20)17-7-4-6-16(26)13-17/h3-13,22H,1-2H3. The molecule has 2 heterocycles. The molecule has 0 saturated carbocycles. The fourth-order valence-electron chi connectivity index (χ4n) is 4.11. The summed E-state index contributed by atoms with van der Waals surface area (Å²) in [6.45, 7) is 1.92. The molecular weight excluding hydrogens is 458 g/mol. The number of halogens is 1. The van der Waals surface area contributed by atoms with E-state index in [4.69, 9.17) is 9.15 Å². The van der Waals surface area contributed by atoms with Crippen LogP contribution in [0.1, 0.15) is 33.3 Å². The quantitative estimate of drug-likeness (QED) is 0.385. The van der Waals surface area contributed by atoms with E-state index in [0.717, 1.165) is 15.6 Å². The van der Waals surface area contributed by atoms with Crippen molar-refractivity contribution in [2.75, 3.05) is 12.0 Å². The molecule has 154 valence electrons. The molecule has 5 nitrogen and oxygen atoms in total. The van der Waals surface area contributed by atoms with Crippen molar-refractivity contribution < 1.29 is 13.9 Å². The Morgan fingerprint density at radius 2 is 1.81 bits per heavy atom. The zero-order valence-electron chi connectivity index (χ0n) is 16.9. The Bertz CT molecular complexity index is 1410. The van der Waals surface area contributed by atoms with Gasteiger partial charge in [-0.25, -0.2) is 0 Å². The van der Waals surface area contributed by atoms with Gasteiger partial charge in [0, 0.05) is 10.2 Å². The number of nitrogens with zero attached hydrogens (tertiary/aromatic N) is 1. The Labute approximate surface area is 187 Å². The lowest BCUT2D eigenvalue weighted by Gasteiger charge is -2.25. The highest BCUT2D eigenvalue weighted by Crippen LogP contribution is 2.42. The number of benzene rings is 3. The van der Waals surface area contributed by atoms with Gasteiger partial charge in [-0.05, 0) is 55.0 Å². The monoisotopic (exact) mass is 475 g/mol. The molecule has 0 radical (unpaired) electrons. The number of carbonyl (C=O) groups excluding carboxylic acids is 1. The molecule has 1 amide bonds. The molecule has 1 aliphatic heterocycles. The van der Waals surface area contributed by atoms with Crippen LogP contribution in [0.3, 0.4) is 0 Å². The number of hydrogen-bond donors (Lipinski definition) is 0. The lowest BCUT2D eigenvalue weighted by Crippen LogP contribution is -2.29. The molecule has 0 bridgehead atoms. The number of anilines is 1. The minimum Gasteiger partial charge on any atom is -0.497 e. The minimum atomic E-state index is -0.631. The number of rotatable bonds is 3. The van der Waals surface area contributed by atoms with Crippen molar-refractivity contribution in [3.63, 3.8) is 0 Å². The summed E-state index contributed by atoms with van der Waals surface area (Å²) in [6.07, 6.45) is 0. The summed E-state index contributed by atoms with van der Waals surface area (Å²) >= 11 is 3.48. The second kappa shape index (κ2) is 7.39. The first-order chi connectivity index (χ1) is 15.0. The first-order valence-corrected chi connectivity index (χ1v) is 10.6. The van der Waals surface area contributed by atoms with E-state index in [1.807, 2.05) is 61.5 Å². The largest absolute Gasteiger partial charge is 0.497 e. The van der Waals surface area contributed by atoms with Gasteiger partial charge in [0.15, 0.2) is 5.43 Å². The maximum atomic E-state index is 13.6. The van der Waals surface area contributed by atoms with E-state index in [2.05, 4.69) is 15.9 Å². The molecule has 0 fully saturated rings. The number of methoxy groups -OCH3 is 1. The van der Waals surface area contributed by atoms with Crippen molar-refractivity contribution >= 4 is 38.5 Å². The molecule has 1 aliphatic rings. The van der Waals surface area contributed by atoms with Gasteiger partial charge in [0.05, 0.1) is 24.1 Å². The van der Waals surface area contributed by atoms with Crippen LogP contribution in [-0.2, 0) is 0 Å². The van der Waals surface area contributed by atoms with Crippen LogP contribution in [0.2, 0.25) is 0 Å². The van der Waals surface area contributed by atoms with E-state index >= 15 is 0 Å². The predicted molar refractivity (Wildman–Crippen MR) is 123 cm³/mol. The van der Waals surface area contributed by atoms with Gasteiger partial charge in [0.25, 0.3) is 5.91 Å². The van der Waals surface area contributed by atoms with Gasteiger partial charge in [0.2, 0.25) is 5.76 Å². The second-order valence-corrected chi connectivity index (χ2v) is 8.42. The Balaban J connectivity index is 1.83. The number of amides is 1. The molecule has 0 aliphatic carbocycles. The Kier molecular flexibility index (Phi) is 4.67. The molecule has 3 aromatic carbocycles. The number of aryl methyl sites for hydroxylation is 1. The van der Waals surface area contributed by atoms with E-state index in [-0.39, 0.29) is 17.1 Å². The van der Waals surface area contributed by atoms with Crippen molar-refractivity contribution in [1.82, 2.24) is 0 Å². The predicted octanol–water partition coefficient (Wildman–Crippen LogP) is 5.62. The third-order valence-electron chi connectivity index (χ3n) is 5.52. The van der Waals surface area contributed by atoms with Gasteiger partial charge in [0.1, 0.15) is 11.3 Å². The van der Waals surface area contributed by atoms with Crippen molar-refractivity contribution in [2.24, 2.45) is 0 Å². The zero-order valence-corrected chi connectivity index (χ0v) is 18.5. The van der Waals surface area contributed by atoms with E-state index < -0.39 is 6.04 Å². The van der Waals surface area contributed by atoms with Crippen LogP contribution < -0.4 is 15.1 Å². The third kappa shape index (κ3) is 3.15. The molecule has 4 aromatic rings. The molecule has 6 heteroatoms. The van der Waals surface area contributed by atoms with Crippen LogP contribution in [0.5, 0.6) is 5.75 Å². The van der Waals surface area contributed by atoms with Crippen molar-refractivity contribution in [2.45, 2.75) is 13.0 Å². The summed E-state index contributed by atoms with van der Waals surface area (Å²) in [7, 11) is 1.59. The summed E-state index contributed by atoms with van der Waals surface area (Å²) in [5.74, 6) is 0.378. The van der Waals surface area contributed by atoms with Crippen molar-refractivity contribution in [3.8, 4) is 5.75 Å². The Morgan fingerprint density at radius 3 is 2.58 bits per heavy atom. The first kappa shape index (κ1) is 19.6. The SMILES string of the molecule is COc1cccc(C2c3c(oc4ccc(C)cc4c3=O)C(=O)N2c2cccc(Br)c2)c1. The van der Waals surface area contributed by atoms with Crippen LogP contribution in [0.4, 0.5) is 5.69 Å². The average Bonchev–Trinajstić information content (AvgIpc) is 3.07. The summed E-state index contributed by atoms with van der Waals surface area (Å²) < 4.78 is 12.2. The van der Waals surface area contributed by atoms with E-state index in [9.17, 15) is 9.59 Å². The molecule has 0 N–H and O–H groups in total. The second-order valence-electron chi connectivity index (χ2n) is 7.51. The molecule has 31 heavy (non-hydrogen) atoms. The van der Waals surface area contributed by atoms with E-state index in [1.54, 1.807) is 24.1 Å². The number of ether oxygens (including phenoxy) is 1. The van der Waals surface area contributed by atoms with Gasteiger partial charge in [-0.15, -0.1) is 0 Å². The van der Waals surface area contributed by atoms with Crippen LogP contribution in [-0.4, -0.2) is 13.0 Å². The topological polar surface area (TPSA) is 59.8 Å². The molecule has 0 saturated heterocycles. The van der Waals surface area contributed by atoms with Crippen molar-refractivity contribution in [3.05, 3.63) is 104 Å². The van der Waals surface area contributed by atoms with Gasteiger partial charge in [-0.3, -0.25) is 14.5 Å². The third-order valence-corrected chi connectivity index (χ3v) is 6.01. The lowest BCUT2D eigenvalue weighted by atomic mass is 9.97. The Hall–Kier alpha value is -3.38. The average molecular weight is 476 g/mol. The molecule has 1 unspecified atom stereocenters. The van der Waals surface area contributed by atoms with E-state index in [0.29, 0.717) is 28.0 Å². The Morgan fingerprint density at radius 1 is 1.00 bits per heavy atom. The van der Waals surface area contributed by atoms with Gasteiger partial charge in [-0.1, -0.05) is 45.8 Å². The summed E-state index contributed by atoms with van der Waals surface area (Å²) in [6, 6.07) is 19.6. The lowest BCUT2D eigenvalue weighted by molar-refractivity contribution is 0.0971. The zero-order chi connectivity index (χ0) is 21.7. The van der Waals surface area contributed by atoms with E-state index in [1.165, 1.54) is 0 Å². The highest BCUT2D eigenvalue weighted by Gasteiger charge is 2.43. The number of hydrogen-bond acceptors (Lipinski definition) is 4. The fourth-order valence-corrected chi connectivity index (χ4v) is 4.49. The van der Waals surface area contributed by atoms with Crippen LogP contribution in [0, 0.1) is 6.92 Å². The number of carbonyl (C=O) groups is 1. The molecule has 1 atom stereocenters. The smallest absolute Gasteiger partial charge is 0.295 e. The summed E-state index contributed by atoms with van der Waals surface area (Å²) in [4.78, 5) is 28.8. The summed E-state index contributed by atoms with van der Waals surface area (Å²) in [5, 5.41) is 0.468. The first-order valence-electron chi connectivity index (χ1n) is 9.78. The highest BCUT2D eigenvalue weighted by atomic mass is 79.9. The fraction of sp³-hybridized carbons (Fsp3) is 0.120. The maximum Gasteiger partial charge on any atom is 0.295 e. The normalized spacial score (nSPS) is 15.4. The van der Waals surface area contributed by atoms with Crippen LogP contribution in [0.15, 0.2) is 80.4 Å². The molecular formula is C25H18BrNO4.